The van der Waals surface area contributed by atoms with Crippen LogP contribution in [0.5, 0.6) is 0 Å². The second kappa shape index (κ2) is 5.65. The first-order valence-corrected chi connectivity index (χ1v) is 6.80. The Morgan fingerprint density at radius 2 is 2.18 bits per heavy atom. The van der Waals surface area contributed by atoms with E-state index in [-0.39, 0.29) is 0 Å². The van der Waals surface area contributed by atoms with Crippen LogP contribution in [-0.4, -0.2) is 6.04 Å². The van der Waals surface area contributed by atoms with E-state index < -0.39 is 0 Å². The number of nitrogens with one attached hydrogen (secondary N) is 1. The normalized spacial score (nSPS) is 21.5. The summed E-state index contributed by atoms with van der Waals surface area (Å²) in [5.41, 5.74) is 6.03. The number of hydrazine groups is 1. The van der Waals surface area contributed by atoms with Crippen LogP contribution in [0.4, 0.5) is 0 Å². The van der Waals surface area contributed by atoms with Crippen LogP contribution in [0.1, 0.15) is 50.2 Å². The Morgan fingerprint density at radius 1 is 1.41 bits per heavy atom. The average Bonchev–Trinajstić information content (AvgIpc) is 2.29. The van der Waals surface area contributed by atoms with Gasteiger partial charge in [0.2, 0.25) is 0 Å². The van der Waals surface area contributed by atoms with Crippen LogP contribution in [-0.2, 0) is 6.42 Å². The van der Waals surface area contributed by atoms with Crippen LogP contribution in [0, 0.1) is 5.92 Å². The standard InChI is InChI=1S/C15H24N2/c1-3-6-11(2)9-15(17-16)14-10-12-7-4-5-8-13(12)14/h4-5,7-8,11,14-15,17H,3,6,9-10,16H2,1-2H3. The van der Waals surface area contributed by atoms with Crippen molar-refractivity contribution in [3.63, 3.8) is 0 Å². The molecule has 3 atom stereocenters. The molecule has 0 saturated heterocycles. The molecule has 2 nitrogen and oxygen atoms in total. The van der Waals surface area contributed by atoms with Gasteiger partial charge in [-0.3, -0.25) is 11.3 Å². The number of benzene rings is 1. The molecule has 0 fully saturated rings. The maximum atomic E-state index is 5.73. The number of rotatable bonds is 6. The Kier molecular flexibility index (Phi) is 4.19. The fraction of sp³-hybridized carbons (Fsp3) is 0.600. The summed E-state index contributed by atoms with van der Waals surface area (Å²) in [7, 11) is 0. The maximum Gasteiger partial charge on any atom is 0.0285 e. The smallest absolute Gasteiger partial charge is 0.0285 e. The summed E-state index contributed by atoms with van der Waals surface area (Å²) in [6.45, 7) is 4.58. The van der Waals surface area contributed by atoms with Gasteiger partial charge < -0.3 is 0 Å². The second-order valence-electron chi connectivity index (χ2n) is 5.41. The Balaban J connectivity index is 1.97. The molecular weight excluding hydrogens is 208 g/mol. The summed E-state index contributed by atoms with van der Waals surface area (Å²) in [4.78, 5) is 0. The van der Waals surface area contributed by atoms with Gasteiger partial charge in [0, 0.05) is 12.0 Å². The molecule has 1 aromatic rings. The summed E-state index contributed by atoms with van der Waals surface area (Å²) in [5.74, 6) is 7.11. The lowest BCUT2D eigenvalue weighted by Gasteiger charge is -2.37. The van der Waals surface area contributed by atoms with Crippen LogP contribution in [0.2, 0.25) is 0 Å². The second-order valence-corrected chi connectivity index (χ2v) is 5.41. The van der Waals surface area contributed by atoms with Gasteiger partial charge in [0.1, 0.15) is 0 Å². The minimum atomic E-state index is 0.437. The minimum Gasteiger partial charge on any atom is -0.271 e. The quantitative estimate of drug-likeness (QED) is 0.584. The molecule has 3 N–H and O–H groups in total. The van der Waals surface area contributed by atoms with E-state index in [2.05, 4.69) is 43.5 Å². The first kappa shape index (κ1) is 12.6. The Labute approximate surface area is 105 Å². The largest absolute Gasteiger partial charge is 0.271 e. The summed E-state index contributed by atoms with van der Waals surface area (Å²) in [6.07, 6.45) is 4.93. The van der Waals surface area contributed by atoms with Crippen molar-refractivity contribution in [2.24, 2.45) is 11.8 Å². The first-order chi connectivity index (χ1) is 8.26. The molecule has 0 aliphatic heterocycles. The molecule has 94 valence electrons. The van der Waals surface area contributed by atoms with Crippen LogP contribution < -0.4 is 11.3 Å². The fourth-order valence-electron chi connectivity index (χ4n) is 3.05. The van der Waals surface area contributed by atoms with Crippen molar-refractivity contribution in [1.29, 1.82) is 0 Å². The molecule has 3 unspecified atom stereocenters. The van der Waals surface area contributed by atoms with Gasteiger partial charge in [-0.2, -0.15) is 0 Å². The molecule has 0 heterocycles. The highest BCUT2D eigenvalue weighted by atomic mass is 15.2. The third-order valence-corrected chi connectivity index (χ3v) is 4.03. The summed E-state index contributed by atoms with van der Waals surface area (Å²) < 4.78 is 0. The molecule has 0 saturated carbocycles. The highest BCUT2D eigenvalue weighted by Crippen LogP contribution is 2.39. The predicted molar refractivity (Wildman–Crippen MR) is 72.7 cm³/mol. The van der Waals surface area contributed by atoms with Gasteiger partial charge in [-0.15, -0.1) is 0 Å². The van der Waals surface area contributed by atoms with E-state index in [1.807, 2.05) is 0 Å². The van der Waals surface area contributed by atoms with Crippen molar-refractivity contribution in [1.82, 2.24) is 5.43 Å². The van der Waals surface area contributed by atoms with Gasteiger partial charge in [0.25, 0.3) is 0 Å². The van der Waals surface area contributed by atoms with E-state index >= 15 is 0 Å². The molecule has 1 aliphatic carbocycles. The summed E-state index contributed by atoms with van der Waals surface area (Å²) in [6, 6.07) is 9.17. The molecule has 17 heavy (non-hydrogen) atoms. The van der Waals surface area contributed by atoms with Gasteiger partial charge in [-0.1, -0.05) is 51.0 Å². The molecule has 2 rings (SSSR count). The van der Waals surface area contributed by atoms with E-state index in [0.717, 1.165) is 5.92 Å². The summed E-state index contributed by atoms with van der Waals surface area (Å²) >= 11 is 0. The number of hydrogen-bond donors (Lipinski definition) is 2. The Hall–Kier alpha value is -0.860. The first-order valence-electron chi connectivity index (χ1n) is 6.80. The van der Waals surface area contributed by atoms with Gasteiger partial charge in [-0.25, -0.2) is 0 Å². The molecule has 0 bridgehead atoms. The lowest BCUT2D eigenvalue weighted by molar-refractivity contribution is 0.325. The Bertz CT molecular complexity index is 362. The highest BCUT2D eigenvalue weighted by molar-refractivity contribution is 5.41. The van der Waals surface area contributed by atoms with Crippen molar-refractivity contribution < 1.29 is 0 Å². The van der Waals surface area contributed by atoms with E-state index in [1.165, 1.54) is 36.8 Å². The lowest BCUT2D eigenvalue weighted by atomic mass is 9.71. The third-order valence-electron chi connectivity index (χ3n) is 4.03. The molecule has 0 spiro atoms. The lowest BCUT2D eigenvalue weighted by Crippen LogP contribution is -2.44. The minimum absolute atomic E-state index is 0.437. The number of hydrogen-bond acceptors (Lipinski definition) is 2. The van der Waals surface area contributed by atoms with E-state index in [1.54, 1.807) is 0 Å². The molecule has 0 aromatic heterocycles. The van der Waals surface area contributed by atoms with Crippen molar-refractivity contribution in [2.45, 2.75) is 51.5 Å². The van der Waals surface area contributed by atoms with Crippen LogP contribution >= 0.6 is 0 Å². The third kappa shape index (κ3) is 2.70. The topological polar surface area (TPSA) is 38.0 Å². The molecule has 0 amide bonds. The van der Waals surface area contributed by atoms with Crippen molar-refractivity contribution in [3.05, 3.63) is 35.4 Å². The zero-order chi connectivity index (χ0) is 12.3. The van der Waals surface area contributed by atoms with E-state index in [9.17, 15) is 0 Å². The zero-order valence-corrected chi connectivity index (χ0v) is 10.9. The van der Waals surface area contributed by atoms with E-state index in [4.69, 9.17) is 5.84 Å². The monoisotopic (exact) mass is 232 g/mol. The molecule has 2 heteroatoms. The van der Waals surface area contributed by atoms with Crippen molar-refractivity contribution >= 4 is 0 Å². The van der Waals surface area contributed by atoms with Crippen LogP contribution in [0.25, 0.3) is 0 Å². The number of nitrogens with two attached hydrogens (primary N) is 1. The molecule has 0 radical (unpaired) electrons. The van der Waals surface area contributed by atoms with Crippen molar-refractivity contribution in [2.75, 3.05) is 0 Å². The Morgan fingerprint density at radius 3 is 2.82 bits per heavy atom. The molecular formula is C15H24N2. The maximum absolute atomic E-state index is 5.73. The van der Waals surface area contributed by atoms with Gasteiger partial charge in [0.15, 0.2) is 0 Å². The van der Waals surface area contributed by atoms with Gasteiger partial charge in [0.05, 0.1) is 0 Å². The zero-order valence-electron chi connectivity index (χ0n) is 10.9. The van der Waals surface area contributed by atoms with Gasteiger partial charge in [-0.05, 0) is 29.9 Å². The highest BCUT2D eigenvalue weighted by Gasteiger charge is 2.32. The van der Waals surface area contributed by atoms with E-state index in [0.29, 0.717) is 12.0 Å². The average molecular weight is 232 g/mol. The number of fused-ring (bicyclic) bond motifs is 1. The fourth-order valence-corrected chi connectivity index (χ4v) is 3.05. The van der Waals surface area contributed by atoms with Crippen LogP contribution in [0.15, 0.2) is 24.3 Å². The van der Waals surface area contributed by atoms with Crippen LogP contribution in [0.3, 0.4) is 0 Å². The summed E-state index contributed by atoms with van der Waals surface area (Å²) in [5, 5.41) is 0. The molecule has 1 aliphatic rings. The van der Waals surface area contributed by atoms with Gasteiger partial charge >= 0.3 is 0 Å². The SMILES string of the molecule is CCCC(C)CC(NN)C1Cc2ccccc21. The predicted octanol–water partition coefficient (Wildman–Crippen LogP) is 2.98. The van der Waals surface area contributed by atoms with Crippen molar-refractivity contribution in [3.8, 4) is 0 Å². The molecule has 1 aromatic carbocycles.